The quantitative estimate of drug-likeness (QED) is 0.543. The van der Waals surface area contributed by atoms with Crippen LogP contribution in [0.15, 0.2) is 48.8 Å². The third-order valence-corrected chi connectivity index (χ3v) is 3.20. The van der Waals surface area contributed by atoms with Crippen LogP contribution in [0.25, 0.3) is 5.69 Å². The first-order valence-electron chi connectivity index (χ1n) is 6.13. The van der Waals surface area contributed by atoms with Gasteiger partial charge in [0.2, 0.25) is 0 Å². The fourth-order valence-corrected chi connectivity index (χ4v) is 2.31. The number of carbonyl (C=O) groups excluding carboxylic acids is 1. The van der Waals surface area contributed by atoms with Crippen LogP contribution in [0.4, 0.5) is 0 Å². The van der Waals surface area contributed by atoms with Crippen molar-refractivity contribution < 1.29 is 9.53 Å². The van der Waals surface area contributed by atoms with Crippen LogP contribution in [0.2, 0.25) is 10.0 Å². The average molecular weight is 335 g/mol. The maximum Gasteiger partial charge on any atom is 0.343 e. The van der Waals surface area contributed by atoms with Gasteiger partial charge in [0.1, 0.15) is 12.1 Å². The smallest absolute Gasteiger partial charge is 0.343 e. The fourth-order valence-electron chi connectivity index (χ4n) is 1.78. The van der Waals surface area contributed by atoms with Gasteiger partial charge >= 0.3 is 5.97 Å². The molecule has 0 saturated heterocycles. The van der Waals surface area contributed by atoms with Crippen molar-refractivity contribution in [1.29, 1.82) is 0 Å². The number of esters is 1. The molecule has 0 aliphatic carbocycles. The van der Waals surface area contributed by atoms with Crippen LogP contribution >= 0.6 is 23.2 Å². The molecule has 2 aromatic carbocycles. The number of hydrogen-bond donors (Lipinski definition) is 0. The first-order chi connectivity index (χ1) is 10.6. The van der Waals surface area contributed by atoms with Gasteiger partial charge in [0.25, 0.3) is 0 Å². The van der Waals surface area contributed by atoms with E-state index in [4.69, 9.17) is 27.9 Å². The Morgan fingerprint density at radius 2 is 1.73 bits per heavy atom. The van der Waals surface area contributed by atoms with Gasteiger partial charge in [-0.05, 0) is 52.9 Å². The summed E-state index contributed by atoms with van der Waals surface area (Å²) in [4.78, 5) is 12.1. The van der Waals surface area contributed by atoms with E-state index in [1.807, 2.05) is 0 Å². The molecule has 0 atom stereocenters. The minimum absolute atomic E-state index is 0.280. The molecule has 0 unspecified atom stereocenters. The molecule has 0 amide bonds. The molecular weight excluding hydrogens is 327 g/mol. The lowest BCUT2D eigenvalue weighted by Gasteiger charge is -2.06. The molecule has 0 bridgehead atoms. The third-order valence-electron chi connectivity index (χ3n) is 2.76. The SMILES string of the molecule is O=C(Oc1ccc(-n2cnnn2)cc1)c1cc(Cl)cc(Cl)c1. The summed E-state index contributed by atoms with van der Waals surface area (Å²) in [5.41, 5.74) is 1.03. The van der Waals surface area contributed by atoms with Crippen molar-refractivity contribution in [2.24, 2.45) is 0 Å². The highest BCUT2D eigenvalue weighted by Crippen LogP contribution is 2.21. The number of carbonyl (C=O) groups is 1. The van der Waals surface area contributed by atoms with Gasteiger partial charge in [0.15, 0.2) is 0 Å². The summed E-state index contributed by atoms with van der Waals surface area (Å²) in [6.45, 7) is 0. The van der Waals surface area contributed by atoms with Crippen molar-refractivity contribution in [1.82, 2.24) is 20.2 Å². The normalized spacial score (nSPS) is 10.5. The van der Waals surface area contributed by atoms with Crippen LogP contribution in [0.1, 0.15) is 10.4 Å². The first kappa shape index (κ1) is 14.5. The Bertz CT molecular complexity index is 784. The number of benzene rings is 2. The fraction of sp³-hybridized carbons (Fsp3) is 0. The van der Waals surface area contributed by atoms with Crippen molar-refractivity contribution >= 4 is 29.2 Å². The summed E-state index contributed by atoms with van der Waals surface area (Å²) in [6, 6.07) is 11.3. The molecule has 8 heteroatoms. The molecule has 1 heterocycles. The predicted molar refractivity (Wildman–Crippen MR) is 80.6 cm³/mol. The highest BCUT2D eigenvalue weighted by Gasteiger charge is 2.11. The van der Waals surface area contributed by atoms with Gasteiger partial charge in [0.05, 0.1) is 11.3 Å². The zero-order valence-electron chi connectivity index (χ0n) is 11.0. The molecule has 110 valence electrons. The van der Waals surface area contributed by atoms with Crippen molar-refractivity contribution in [3.63, 3.8) is 0 Å². The Labute approximate surface area is 135 Å². The van der Waals surface area contributed by atoms with E-state index in [1.165, 1.54) is 23.1 Å². The maximum atomic E-state index is 12.1. The molecule has 0 aliphatic heterocycles. The van der Waals surface area contributed by atoms with Gasteiger partial charge in [-0.15, -0.1) is 5.10 Å². The summed E-state index contributed by atoms with van der Waals surface area (Å²) in [6.07, 6.45) is 1.47. The molecular formula is C14H8Cl2N4O2. The molecule has 22 heavy (non-hydrogen) atoms. The molecule has 0 spiro atoms. The van der Waals surface area contributed by atoms with Gasteiger partial charge in [0, 0.05) is 10.0 Å². The topological polar surface area (TPSA) is 69.9 Å². The number of nitrogens with zero attached hydrogens (tertiary/aromatic N) is 4. The molecule has 1 aromatic heterocycles. The molecule has 3 rings (SSSR count). The monoisotopic (exact) mass is 334 g/mol. The molecule has 0 saturated carbocycles. The lowest BCUT2D eigenvalue weighted by atomic mass is 10.2. The minimum Gasteiger partial charge on any atom is -0.423 e. The summed E-state index contributed by atoms with van der Waals surface area (Å²) in [7, 11) is 0. The number of aromatic nitrogens is 4. The van der Waals surface area contributed by atoms with Crippen LogP contribution in [-0.2, 0) is 0 Å². The molecule has 6 nitrogen and oxygen atoms in total. The van der Waals surface area contributed by atoms with Gasteiger partial charge in [-0.1, -0.05) is 23.2 Å². The summed E-state index contributed by atoms with van der Waals surface area (Å²) >= 11 is 11.7. The van der Waals surface area contributed by atoms with Crippen LogP contribution in [-0.4, -0.2) is 26.2 Å². The Morgan fingerprint density at radius 1 is 1.05 bits per heavy atom. The lowest BCUT2D eigenvalue weighted by Crippen LogP contribution is -2.08. The van der Waals surface area contributed by atoms with E-state index < -0.39 is 5.97 Å². The lowest BCUT2D eigenvalue weighted by molar-refractivity contribution is 0.0735. The second-order valence-corrected chi connectivity index (χ2v) is 5.17. The second kappa shape index (κ2) is 6.13. The van der Waals surface area contributed by atoms with Gasteiger partial charge in [-0.2, -0.15) is 0 Å². The van der Waals surface area contributed by atoms with Crippen molar-refractivity contribution in [3.05, 3.63) is 64.4 Å². The predicted octanol–water partition coefficient (Wildman–Crippen LogP) is 3.19. The number of ether oxygens (including phenoxy) is 1. The number of halogens is 2. The van der Waals surface area contributed by atoms with E-state index in [2.05, 4.69) is 15.5 Å². The molecule has 0 fully saturated rings. The standard InChI is InChI=1S/C14H8Cl2N4O2/c15-10-5-9(6-11(16)7-10)14(21)22-13-3-1-12(2-4-13)20-8-17-18-19-20/h1-8H. The van der Waals surface area contributed by atoms with Crippen LogP contribution < -0.4 is 4.74 Å². The number of rotatable bonds is 3. The van der Waals surface area contributed by atoms with Gasteiger partial charge < -0.3 is 4.74 Å². The Balaban J connectivity index is 1.76. The van der Waals surface area contributed by atoms with Gasteiger partial charge in [-0.3, -0.25) is 0 Å². The largest absolute Gasteiger partial charge is 0.423 e. The highest BCUT2D eigenvalue weighted by molar-refractivity contribution is 6.35. The van der Waals surface area contributed by atoms with Crippen molar-refractivity contribution in [2.75, 3.05) is 0 Å². The Morgan fingerprint density at radius 3 is 2.32 bits per heavy atom. The zero-order chi connectivity index (χ0) is 15.5. The molecule has 3 aromatic rings. The van der Waals surface area contributed by atoms with Gasteiger partial charge in [-0.25, -0.2) is 9.48 Å². The highest BCUT2D eigenvalue weighted by atomic mass is 35.5. The summed E-state index contributed by atoms with van der Waals surface area (Å²) in [5, 5.41) is 11.6. The first-order valence-corrected chi connectivity index (χ1v) is 6.89. The minimum atomic E-state index is -0.542. The molecule has 0 radical (unpaired) electrons. The average Bonchev–Trinajstić information content (AvgIpc) is 3.01. The second-order valence-electron chi connectivity index (χ2n) is 4.30. The Kier molecular flexibility index (Phi) is 4.04. The van der Waals surface area contributed by atoms with Crippen LogP contribution in [0, 0.1) is 0 Å². The van der Waals surface area contributed by atoms with Crippen LogP contribution in [0.3, 0.4) is 0 Å². The summed E-state index contributed by atoms with van der Waals surface area (Å²) in [5.74, 6) is -0.155. The van der Waals surface area contributed by atoms with E-state index in [0.717, 1.165) is 5.69 Å². The van der Waals surface area contributed by atoms with Crippen molar-refractivity contribution in [2.45, 2.75) is 0 Å². The maximum absolute atomic E-state index is 12.1. The Hall–Kier alpha value is -2.44. The van der Waals surface area contributed by atoms with Crippen molar-refractivity contribution in [3.8, 4) is 11.4 Å². The van der Waals surface area contributed by atoms with E-state index in [-0.39, 0.29) is 5.56 Å². The van der Waals surface area contributed by atoms with Crippen LogP contribution in [0.5, 0.6) is 5.75 Å². The third kappa shape index (κ3) is 3.24. The zero-order valence-corrected chi connectivity index (χ0v) is 12.5. The van der Waals surface area contributed by atoms with E-state index in [0.29, 0.717) is 15.8 Å². The number of hydrogen-bond acceptors (Lipinski definition) is 5. The van der Waals surface area contributed by atoms with E-state index in [1.54, 1.807) is 30.3 Å². The molecule has 0 aliphatic rings. The summed E-state index contributed by atoms with van der Waals surface area (Å²) < 4.78 is 6.75. The van der Waals surface area contributed by atoms with E-state index in [9.17, 15) is 4.79 Å². The molecule has 0 N–H and O–H groups in total. The number of tetrazole rings is 1. The van der Waals surface area contributed by atoms with E-state index >= 15 is 0 Å².